The summed E-state index contributed by atoms with van der Waals surface area (Å²) in [5.41, 5.74) is 40.2. The van der Waals surface area contributed by atoms with Crippen molar-refractivity contribution in [3.63, 3.8) is 0 Å². The molecule has 0 bridgehead atoms. The van der Waals surface area contributed by atoms with Gasteiger partial charge < -0.3 is 92.5 Å². The van der Waals surface area contributed by atoms with Crippen molar-refractivity contribution >= 4 is 59.2 Å². The van der Waals surface area contributed by atoms with E-state index in [2.05, 4.69) is 42.2 Å². The fourth-order valence-corrected chi connectivity index (χ4v) is 7.77. The van der Waals surface area contributed by atoms with Gasteiger partial charge in [0.1, 0.15) is 41.9 Å². The van der Waals surface area contributed by atoms with Crippen LogP contribution in [-0.2, 0) is 49.6 Å². The summed E-state index contributed by atoms with van der Waals surface area (Å²) in [6.07, 6.45) is 3.01. The Morgan fingerprint density at radius 1 is 0.770 bits per heavy atom. The molecule has 0 saturated carbocycles. The number of benzene rings is 1. The number of carbonyl (C=O) groups excluding carboxylic acids is 8. The van der Waals surface area contributed by atoms with Crippen molar-refractivity contribution in [1.29, 1.82) is 0 Å². The molecule has 0 spiro atoms. The lowest BCUT2D eigenvalue weighted by Gasteiger charge is -2.30. The zero-order valence-electron chi connectivity index (χ0n) is 42.4. The standard InChI is InChI=1S/C47H80N16O11/c1-27-12-3-4-13-29(27)24-34(42(69)59-31(15-6-8-20-49)41(68)60-33(46(73)74)17-10-22-55-47(53)54)61-43(70)35-18-11-23-63(35)45(72)32(16-9-21-50)58-37(65)26-56-39(66)28(2)57-44(71)38(36(64)25-51)62-40(67)30(52)14-5-7-19-48/h3-4,12-13,17,28,30-32,34-36,38,64H,5-11,14-16,18-26,48-52H2,1-2H3,(H,56,66)(H,57,71)(H,58,65)(H,59,69)(H,60,68)(H,61,70)(H,62,67)(H,73,74)(H4,53,54,55)/b33-17-/t28-,30-,31-,32+,34-,35-,36-,38-/m0/s1. The number of carboxylic acid groups (broad SMARTS) is 1. The van der Waals surface area contributed by atoms with Crippen LogP contribution in [-0.4, -0.2) is 169 Å². The summed E-state index contributed by atoms with van der Waals surface area (Å²) in [7, 11) is 0. The number of hydrogen-bond donors (Lipinski definition) is 16. The van der Waals surface area contributed by atoms with Crippen molar-refractivity contribution in [3.05, 3.63) is 47.2 Å². The minimum Gasteiger partial charge on any atom is -0.477 e. The van der Waals surface area contributed by atoms with Gasteiger partial charge in [0.2, 0.25) is 47.3 Å². The lowest BCUT2D eigenvalue weighted by molar-refractivity contribution is -0.142. The maximum Gasteiger partial charge on any atom is 0.352 e. The first kappa shape index (κ1) is 63.3. The second-order valence-electron chi connectivity index (χ2n) is 17.9. The first-order chi connectivity index (χ1) is 35.2. The van der Waals surface area contributed by atoms with Crippen LogP contribution in [0.4, 0.5) is 0 Å². The molecule has 1 aliphatic heterocycles. The highest BCUT2D eigenvalue weighted by molar-refractivity contribution is 5.99. The van der Waals surface area contributed by atoms with Gasteiger partial charge in [-0.05, 0) is 109 Å². The average Bonchev–Trinajstić information content (AvgIpc) is 3.87. The van der Waals surface area contributed by atoms with Crippen molar-refractivity contribution in [2.45, 2.75) is 139 Å². The number of aliphatic hydroxyl groups is 1. The number of aliphatic carboxylic acids is 1. The summed E-state index contributed by atoms with van der Waals surface area (Å²) in [5, 5.41) is 37.8. The van der Waals surface area contributed by atoms with Gasteiger partial charge in [0.25, 0.3) is 0 Å². The highest BCUT2D eigenvalue weighted by atomic mass is 16.4. The first-order valence-electron chi connectivity index (χ1n) is 24.9. The van der Waals surface area contributed by atoms with E-state index in [-0.39, 0.29) is 77.1 Å². The molecule has 1 fully saturated rings. The number of aryl methyl sites for hydroxylation is 1. The van der Waals surface area contributed by atoms with E-state index in [4.69, 9.17) is 40.1 Å². The van der Waals surface area contributed by atoms with Crippen LogP contribution in [0.25, 0.3) is 0 Å². The summed E-state index contributed by atoms with van der Waals surface area (Å²) >= 11 is 0. The van der Waals surface area contributed by atoms with E-state index >= 15 is 0 Å². The number of rotatable bonds is 34. The van der Waals surface area contributed by atoms with Crippen LogP contribution in [0.15, 0.2) is 41.0 Å². The highest BCUT2D eigenvalue weighted by Crippen LogP contribution is 2.21. The Bertz CT molecular complexity index is 2110. The fourth-order valence-electron chi connectivity index (χ4n) is 7.77. The summed E-state index contributed by atoms with van der Waals surface area (Å²) < 4.78 is 0. The first-order valence-corrected chi connectivity index (χ1v) is 24.9. The molecular weight excluding hydrogens is 965 g/mol. The van der Waals surface area contributed by atoms with Crippen molar-refractivity contribution in [3.8, 4) is 0 Å². The van der Waals surface area contributed by atoms with Crippen LogP contribution >= 0.6 is 0 Å². The summed E-state index contributed by atoms with van der Waals surface area (Å²) in [6.45, 7) is 3.05. The maximum atomic E-state index is 14.3. The van der Waals surface area contributed by atoms with Gasteiger partial charge in [0.05, 0.1) is 18.7 Å². The number of aliphatic hydroxyl groups excluding tert-OH is 1. The number of likely N-dealkylation sites (tertiary alicyclic amines) is 1. The van der Waals surface area contributed by atoms with Gasteiger partial charge >= 0.3 is 5.97 Å². The van der Waals surface area contributed by atoms with Crippen molar-refractivity contribution < 1.29 is 53.4 Å². The molecule has 0 aromatic heterocycles. The van der Waals surface area contributed by atoms with Crippen LogP contribution in [0.1, 0.15) is 88.7 Å². The van der Waals surface area contributed by atoms with Gasteiger partial charge in [-0.15, -0.1) is 0 Å². The molecule has 74 heavy (non-hydrogen) atoms. The molecule has 1 heterocycles. The second-order valence-corrected chi connectivity index (χ2v) is 17.9. The van der Waals surface area contributed by atoms with Gasteiger partial charge in [0.15, 0.2) is 5.96 Å². The van der Waals surface area contributed by atoms with Crippen molar-refractivity contribution in [1.82, 2.24) is 42.1 Å². The molecule has 0 unspecified atom stereocenters. The molecule has 0 aliphatic carbocycles. The Kier molecular flexibility index (Phi) is 29.0. The van der Waals surface area contributed by atoms with E-state index in [1.54, 1.807) is 18.2 Å². The third-order valence-electron chi connectivity index (χ3n) is 12.0. The molecule has 1 aromatic carbocycles. The molecular formula is C47H80N16O11. The van der Waals surface area contributed by atoms with Crippen LogP contribution in [0.5, 0.6) is 0 Å². The Balaban J connectivity index is 2.26. The van der Waals surface area contributed by atoms with E-state index in [9.17, 15) is 53.4 Å². The van der Waals surface area contributed by atoms with E-state index in [1.165, 1.54) is 17.9 Å². The SMILES string of the molecule is Cc1ccccc1C[C@H](NC(=O)[C@@H]1CCCN1C(=O)[C@@H](CCCN)NC(=O)CNC(=O)[C@H](C)NC(=O)[C@@H](NC(=O)[C@@H](N)CCCCN)[C@@H](O)CN)C(=O)N[C@@H](CCCCN)C(=O)N/C(=C\CCN=C(N)N)C(=O)O. The average molecular weight is 1050 g/mol. The van der Waals surface area contributed by atoms with Gasteiger partial charge in [-0.25, -0.2) is 4.79 Å². The number of amides is 8. The smallest absolute Gasteiger partial charge is 0.352 e. The minimum atomic E-state index is -1.56. The largest absolute Gasteiger partial charge is 0.477 e. The lowest BCUT2D eigenvalue weighted by Crippen LogP contribution is -2.60. The molecule has 414 valence electrons. The number of hydrogen-bond acceptors (Lipinski definition) is 16. The molecule has 0 radical (unpaired) electrons. The molecule has 1 saturated heterocycles. The quantitative estimate of drug-likeness (QED) is 0.0132. The second kappa shape index (κ2) is 33.9. The third-order valence-corrected chi connectivity index (χ3v) is 12.0. The molecule has 1 aromatic rings. The highest BCUT2D eigenvalue weighted by Gasteiger charge is 2.40. The van der Waals surface area contributed by atoms with Crippen LogP contribution < -0.4 is 77.4 Å². The molecule has 2 rings (SSSR count). The Hall–Kier alpha value is -6.78. The van der Waals surface area contributed by atoms with E-state index < -0.39 is 120 Å². The van der Waals surface area contributed by atoms with E-state index in [1.807, 2.05) is 13.0 Å². The predicted molar refractivity (Wildman–Crippen MR) is 274 cm³/mol. The van der Waals surface area contributed by atoms with E-state index in [0.717, 1.165) is 5.56 Å². The number of nitrogens with one attached hydrogen (secondary N) is 7. The topological polar surface area (TPSA) is 476 Å². The fraction of sp³-hybridized carbons (Fsp3) is 0.617. The number of carboxylic acids is 1. The van der Waals surface area contributed by atoms with Crippen molar-refractivity contribution in [2.24, 2.45) is 45.1 Å². The summed E-state index contributed by atoms with van der Waals surface area (Å²) in [4.78, 5) is 126. The number of unbranched alkanes of at least 4 members (excludes halogenated alkanes) is 2. The number of nitrogens with zero attached hydrogens (tertiary/aromatic N) is 2. The molecule has 23 N–H and O–H groups in total. The minimum absolute atomic E-state index is 0.0339. The zero-order valence-corrected chi connectivity index (χ0v) is 42.4. The number of guanidine groups is 1. The Labute approximate surface area is 431 Å². The molecule has 27 nitrogen and oxygen atoms in total. The molecule has 1 aliphatic rings. The third kappa shape index (κ3) is 22.1. The zero-order chi connectivity index (χ0) is 55.3. The summed E-state index contributed by atoms with van der Waals surface area (Å²) in [6, 6.07) is -1.57. The number of carbonyl (C=O) groups is 9. The van der Waals surface area contributed by atoms with Crippen LogP contribution in [0.2, 0.25) is 0 Å². The number of aliphatic imine (C=N–C) groups is 1. The monoisotopic (exact) mass is 1040 g/mol. The van der Waals surface area contributed by atoms with Gasteiger partial charge in [-0.2, -0.15) is 0 Å². The Morgan fingerprint density at radius 3 is 2.04 bits per heavy atom. The van der Waals surface area contributed by atoms with Crippen molar-refractivity contribution in [2.75, 3.05) is 45.8 Å². The molecule has 27 heteroatoms. The normalized spacial score (nSPS) is 16.2. The molecule has 8 amide bonds. The van der Waals surface area contributed by atoms with Gasteiger partial charge in [-0.3, -0.25) is 43.3 Å². The predicted octanol–water partition coefficient (Wildman–Crippen LogP) is -5.52. The Morgan fingerprint density at radius 2 is 1.42 bits per heavy atom. The summed E-state index contributed by atoms with van der Waals surface area (Å²) in [5.74, 6) is -7.86. The molecule has 8 atom stereocenters. The van der Waals surface area contributed by atoms with E-state index in [0.29, 0.717) is 44.2 Å². The van der Waals surface area contributed by atoms with Gasteiger partial charge in [0, 0.05) is 26.1 Å². The van der Waals surface area contributed by atoms with Crippen LogP contribution in [0, 0.1) is 6.92 Å². The lowest BCUT2D eigenvalue weighted by atomic mass is 9.99. The maximum absolute atomic E-state index is 14.3. The number of nitrogens with two attached hydrogens (primary N) is 7. The van der Waals surface area contributed by atoms with Crippen LogP contribution in [0.3, 0.4) is 0 Å². The van der Waals surface area contributed by atoms with Gasteiger partial charge in [-0.1, -0.05) is 36.8 Å².